The summed E-state index contributed by atoms with van der Waals surface area (Å²) < 4.78 is 0. The largest absolute Gasteiger partial charge is 0.324 e. The average Bonchev–Trinajstić information content (AvgIpc) is 2.57. The molecule has 1 atom stereocenters. The number of fused-ring (bicyclic) bond motifs is 2. The van der Waals surface area contributed by atoms with Gasteiger partial charge in [-0.05, 0) is 38.9 Å². The second-order valence-corrected chi connectivity index (χ2v) is 4.74. The lowest BCUT2D eigenvalue weighted by Gasteiger charge is -2.40. The lowest BCUT2D eigenvalue weighted by atomic mass is 9.82. The maximum atomic E-state index is 12.3. The molecule has 0 bridgehead atoms. The van der Waals surface area contributed by atoms with Crippen molar-refractivity contribution in [2.45, 2.75) is 24.8 Å². The normalized spacial score (nSPS) is 29.2. The van der Waals surface area contributed by atoms with E-state index in [-0.39, 0.29) is 5.91 Å². The van der Waals surface area contributed by atoms with Gasteiger partial charge in [-0.25, -0.2) is 0 Å². The number of likely N-dealkylation sites (tertiary alicyclic amines) is 1. The van der Waals surface area contributed by atoms with Crippen LogP contribution in [0.4, 0.5) is 5.69 Å². The van der Waals surface area contributed by atoms with Gasteiger partial charge in [-0.15, -0.1) is 0 Å². The van der Waals surface area contributed by atoms with E-state index in [9.17, 15) is 4.79 Å². The van der Waals surface area contributed by atoms with Crippen molar-refractivity contribution >= 4 is 11.6 Å². The van der Waals surface area contributed by atoms with E-state index >= 15 is 0 Å². The summed E-state index contributed by atoms with van der Waals surface area (Å²) in [5, 5.41) is 3.01. The molecule has 0 aromatic heterocycles. The number of carbonyl (C=O) groups excluding carboxylic acids is 1. The molecule has 3 nitrogen and oxygen atoms in total. The monoisotopic (exact) mass is 216 g/mol. The summed E-state index contributed by atoms with van der Waals surface area (Å²) in [6.45, 7) is 1.00. The quantitative estimate of drug-likeness (QED) is 0.719. The number of benzene rings is 1. The summed E-state index contributed by atoms with van der Waals surface area (Å²) in [4.78, 5) is 14.5. The van der Waals surface area contributed by atoms with Gasteiger partial charge in [-0.1, -0.05) is 18.2 Å². The fourth-order valence-corrected chi connectivity index (χ4v) is 3.04. The van der Waals surface area contributed by atoms with E-state index in [0.29, 0.717) is 0 Å². The molecular formula is C13H16N2O. The number of likely N-dealkylation sites (N-methyl/N-ethyl adjacent to an activating group) is 1. The zero-order valence-electron chi connectivity index (χ0n) is 9.49. The van der Waals surface area contributed by atoms with Crippen molar-refractivity contribution in [3.05, 3.63) is 29.8 Å². The first-order chi connectivity index (χ1) is 7.75. The fraction of sp³-hybridized carbons (Fsp3) is 0.462. The Balaban J connectivity index is 2.16. The van der Waals surface area contributed by atoms with Gasteiger partial charge in [0.2, 0.25) is 5.91 Å². The number of rotatable bonds is 0. The van der Waals surface area contributed by atoms with Crippen LogP contribution in [0.25, 0.3) is 0 Å². The lowest BCUT2D eigenvalue weighted by Crippen LogP contribution is -2.51. The van der Waals surface area contributed by atoms with Crippen LogP contribution < -0.4 is 5.32 Å². The molecule has 2 aliphatic heterocycles. The molecule has 2 aliphatic rings. The number of carbonyl (C=O) groups is 1. The number of amides is 1. The van der Waals surface area contributed by atoms with E-state index in [0.717, 1.165) is 30.6 Å². The molecule has 1 saturated heterocycles. The Labute approximate surface area is 95.4 Å². The first-order valence-corrected chi connectivity index (χ1v) is 5.87. The van der Waals surface area contributed by atoms with Gasteiger partial charge >= 0.3 is 0 Å². The minimum Gasteiger partial charge on any atom is -0.324 e. The van der Waals surface area contributed by atoms with Crippen LogP contribution in [0.15, 0.2) is 24.3 Å². The average molecular weight is 216 g/mol. The topological polar surface area (TPSA) is 32.3 Å². The van der Waals surface area contributed by atoms with Crippen LogP contribution in [0.5, 0.6) is 0 Å². The predicted octanol–water partition coefficient (Wildman–Crippen LogP) is 1.95. The zero-order chi connectivity index (χ0) is 11.2. The molecular weight excluding hydrogens is 200 g/mol. The van der Waals surface area contributed by atoms with Crippen molar-refractivity contribution in [2.75, 3.05) is 18.9 Å². The van der Waals surface area contributed by atoms with Gasteiger partial charge < -0.3 is 5.32 Å². The van der Waals surface area contributed by atoms with Gasteiger partial charge in [0.05, 0.1) is 0 Å². The Kier molecular flexibility index (Phi) is 2.04. The summed E-state index contributed by atoms with van der Waals surface area (Å²) in [6, 6.07) is 8.06. The van der Waals surface area contributed by atoms with Gasteiger partial charge in [-0.2, -0.15) is 0 Å². The zero-order valence-corrected chi connectivity index (χ0v) is 9.49. The smallest absolute Gasteiger partial charge is 0.249 e. The van der Waals surface area contributed by atoms with Gasteiger partial charge in [0.15, 0.2) is 0 Å². The molecule has 0 radical (unpaired) electrons. The van der Waals surface area contributed by atoms with Gasteiger partial charge in [0, 0.05) is 11.3 Å². The maximum absolute atomic E-state index is 12.3. The second-order valence-electron chi connectivity index (χ2n) is 4.74. The van der Waals surface area contributed by atoms with E-state index in [1.54, 1.807) is 0 Å². The van der Waals surface area contributed by atoms with Crippen molar-refractivity contribution < 1.29 is 4.79 Å². The Morgan fingerprint density at radius 3 is 2.94 bits per heavy atom. The van der Waals surface area contributed by atoms with Crippen LogP contribution in [0.1, 0.15) is 24.8 Å². The summed E-state index contributed by atoms with van der Waals surface area (Å²) in [7, 11) is 2.06. The molecule has 0 saturated carbocycles. The summed E-state index contributed by atoms with van der Waals surface area (Å²) >= 11 is 0. The molecule has 16 heavy (non-hydrogen) atoms. The molecule has 3 heteroatoms. The Morgan fingerprint density at radius 2 is 2.12 bits per heavy atom. The molecule has 2 heterocycles. The van der Waals surface area contributed by atoms with Crippen LogP contribution in [-0.4, -0.2) is 24.4 Å². The van der Waals surface area contributed by atoms with Crippen molar-refractivity contribution in [3.8, 4) is 0 Å². The van der Waals surface area contributed by atoms with Crippen molar-refractivity contribution in [2.24, 2.45) is 0 Å². The van der Waals surface area contributed by atoms with Gasteiger partial charge in [0.1, 0.15) is 5.54 Å². The van der Waals surface area contributed by atoms with Crippen LogP contribution in [0.2, 0.25) is 0 Å². The Morgan fingerprint density at radius 1 is 1.31 bits per heavy atom. The molecule has 1 aromatic carbocycles. The molecule has 1 N–H and O–H groups in total. The first kappa shape index (κ1) is 9.85. The number of nitrogens with zero attached hydrogens (tertiary/aromatic N) is 1. The van der Waals surface area contributed by atoms with E-state index in [2.05, 4.69) is 23.3 Å². The van der Waals surface area contributed by atoms with Crippen molar-refractivity contribution in [1.82, 2.24) is 4.90 Å². The highest BCUT2D eigenvalue weighted by Crippen LogP contribution is 2.45. The number of anilines is 1. The molecule has 1 aromatic rings. The SMILES string of the molecule is CN1CCCC[C@@]12C(=O)Nc1ccccc12. The van der Waals surface area contributed by atoms with Gasteiger partial charge in [0.25, 0.3) is 0 Å². The number of piperidine rings is 1. The predicted molar refractivity (Wildman–Crippen MR) is 63.2 cm³/mol. The third-order valence-corrected chi connectivity index (χ3v) is 3.93. The van der Waals surface area contributed by atoms with Crippen molar-refractivity contribution in [3.63, 3.8) is 0 Å². The van der Waals surface area contributed by atoms with E-state index < -0.39 is 5.54 Å². The third-order valence-electron chi connectivity index (χ3n) is 3.93. The standard InChI is InChI=1S/C13H16N2O/c1-15-9-5-4-8-13(15)10-6-2-3-7-11(10)14-12(13)16/h2-3,6-7H,4-5,8-9H2,1H3,(H,14,16)/t13-/m1/s1. The first-order valence-electron chi connectivity index (χ1n) is 5.87. The minimum atomic E-state index is -0.394. The lowest BCUT2D eigenvalue weighted by molar-refractivity contribution is -0.129. The molecule has 1 fully saturated rings. The fourth-order valence-electron chi connectivity index (χ4n) is 3.04. The number of para-hydroxylation sites is 1. The highest BCUT2D eigenvalue weighted by molar-refractivity contribution is 6.05. The van der Waals surface area contributed by atoms with E-state index in [4.69, 9.17) is 0 Å². The van der Waals surface area contributed by atoms with Crippen LogP contribution in [0, 0.1) is 0 Å². The summed E-state index contributed by atoms with van der Waals surface area (Å²) in [5.74, 6) is 0.149. The molecule has 0 unspecified atom stereocenters. The number of hydrogen-bond acceptors (Lipinski definition) is 2. The molecule has 84 valence electrons. The second kappa shape index (κ2) is 3.32. The number of nitrogens with one attached hydrogen (secondary N) is 1. The third kappa shape index (κ3) is 1.09. The highest BCUT2D eigenvalue weighted by Gasteiger charge is 2.50. The molecule has 1 amide bonds. The Bertz CT molecular complexity index is 443. The van der Waals surface area contributed by atoms with E-state index in [1.165, 1.54) is 6.42 Å². The van der Waals surface area contributed by atoms with Crippen molar-refractivity contribution in [1.29, 1.82) is 0 Å². The number of hydrogen-bond donors (Lipinski definition) is 1. The molecule has 1 spiro atoms. The summed E-state index contributed by atoms with van der Waals surface area (Å²) in [6.07, 6.45) is 3.26. The van der Waals surface area contributed by atoms with E-state index in [1.807, 2.05) is 18.2 Å². The molecule has 0 aliphatic carbocycles. The highest BCUT2D eigenvalue weighted by atomic mass is 16.2. The Hall–Kier alpha value is -1.35. The molecule has 3 rings (SSSR count). The van der Waals surface area contributed by atoms with Crippen LogP contribution in [0.3, 0.4) is 0 Å². The maximum Gasteiger partial charge on any atom is 0.249 e. The van der Waals surface area contributed by atoms with Gasteiger partial charge in [-0.3, -0.25) is 9.69 Å². The minimum absolute atomic E-state index is 0.149. The van der Waals surface area contributed by atoms with Crippen LogP contribution >= 0.6 is 0 Å². The summed E-state index contributed by atoms with van der Waals surface area (Å²) in [5.41, 5.74) is 1.75. The van der Waals surface area contributed by atoms with Crippen LogP contribution in [-0.2, 0) is 10.3 Å².